The summed E-state index contributed by atoms with van der Waals surface area (Å²) in [5.74, 6) is -0.252. The maximum atomic E-state index is 11.6. The van der Waals surface area contributed by atoms with E-state index < -0.39 is 10.0 Å². The lowest BCUT2D eigenvalue weighted by Gasteiger charge is -2.19. The zero-order valence-electron chi connectivity index (χ0n) is 11.8. The molecule has 18 heavy (non-hydrogen) atoms. The average Bonchev–Trinajstić information content (AvgIpc) is 2.22. The van der Waals surface area contributed by atoms with Crippen molar-refractivity contribution in [2.75, 3.05) is 46.5 Å². The summed E-state index contributed by atoms with van der Waals surface area (Å²) in [6.07, 6.45) is 2.79. The van der Waals surface area contributed by atoms with Gasteiger partial charge in [-0.2, -0.15) is 4.31 Å². The minimum Gasteiger partial charge on any atom is -0.354 e. The largest absolute Gasteiger partial charge is 0.354 e. The molecule has 0 saturated carbocycles. The summed E-state index contributed by atoms with van der Waals surface area (Å²) in [5.41, 5.74) is 0. The maximum absolute atomic E-state index is 11.6. The van der Waals surface area contributed by atoms with Crippen molar-refractivity contribution in [1.82, 2.24) is 14.5 Å². The summed E-state index contributed by atoms with van der Waals surface area (Å²) < 4.78 is 24.2. The Morgan fingerprint density at radius 3 is 2.28 bits per heavy atom. The molecule has 0 aromatic rings. The number of amides is 1. The highest BCUT2D eigenvalue weighted by atomic mass is 32.2. The van der Waals surface area contributed by atoms with Crippen LogP contribution in [-0.4, -0.2) is 70.1 Å². The first kappa shape index (κ1) is 17.3. The monoisotopic (exact) mass is 279 g/mol. The number of carbonyl (C=O) groups excluding carboxylic acids is 1. The predicted molar refractivity (Wildman–Crippen MR) is 72.9 cm³/mol. The van der Waals surface area contributed by atoms with Crippen LogP contribution >= 0.6 is 0 Å². The Balaban J connectivity index is 4.19. The van der Waals surface area contributed by atoms with Crippen molar-refractivity contribution in [2.45, 2.75) is 19.8 Å². The summed E-state index contributed by atoms with van der Waals surface area (Å²) in [6, 6.07) is 0. The molecule has 0 aliphatic rings. The second kappa shape index (κ2) is 8.44. The van der Waals surface area contributed by atoms with Crippen LogP contribution in [-0.2, 0) is 14.8 Å². The van der Waals surface area contributed by atoms with Crippen LogP contribution in [0.1, 0.15) is 19.8 Å². The third-order valence-corrected chi connectivity index (χ3v) is 3.68. The van der Waals surface area contributed by atoms with Crippen molar-refractivity contribution in [1.29, 1.82) is 0 Å². The molecule has 0 spiro atoms. The topological polar surface area (TPSA) is 69.7 Å². The molecular formula is C11H25N3O3S. The van der Waals surface area contributed by atoms with Gasteiger partial charge < -0.3 is 10.2 Å². The van der Waals surface area contributed by atoms with Gasteiger partial charge in [-0.25, -0.2) is 8.42 Å². The summed E-state index contributed by atoms with van der Waals surface area (Å²) in [7, 11) is 0.514. The van der Waals surface area contributed by atoms with Crippen LogP contribution in [0.15, 0.2) is 0 Å². The van der Waals surface area contributed by atoms with Gasteiger partial charge in [-0.05, 0) is 20.5 Å². The Kier molecular flexibility index (Phi) is 8.13. The van der Waals surface area contributed by atoms with Gasteiger partial charge in [0.15, 0.2) is 0 Å². The lowest BCUT2D eigenvalue weighted by atomic mass is 10.3. The van der Waals surface area contributed by atoms with Gasteiger partial charge in [0, 0.05) is 19.6 Å². The van der Waals surface area contributed by atoms with E-state index in [0.29, 0.717) is 13.1 Å². The number of carbonyl (C=O) groups is 1. The van der Waals surface area contributed by atoms with Crippen molar-refractivity contribution >= 4 is 15.9 Å². The molecule has 0 saturated heterocycles. The van der Waals surface area contributed by atoms with E-state index in [2.05, 4.69) is 5.32 Å². The minimum absolute atomic E-state index is 0.0910. The highest BCUT2D eigenvalue weighted by molar-refractivity contribution is 7.88. The van der Waals surface area contributed by atoms with Gasteiger partial charge in [0.25, 0.3) is 0 Å². The smallest absolute Gasteiger partial charge is 0.235 e. The van der Waals surface area contributed by atoms with Crippen LogP contribution in [0.25, 0.3) is 0 Å². The van der Waals surface area contributed by atoms with Gasteiger partial charge in [0.1, 0.15) is 0 Å². The van der Waals surface area contributed by atoms with Crippen LogP contribution in [0, 0.1) is 0 Å². The second-order valence-electron chi connectivity index (χ2n) is 4.60. The third-order valence-electron chi connectivity index (χ3n) is 2.43. The molecule has 0 rings (SSSR count). The zero-order valence-corrected chi connectivity index (χ0v) is 12.6. The normalized spacial score (nSPS) is 12.1. The molecule has 0 atom stereocenters. The zero-order chi connectivity index (χ0) is 14.2. The SMILES string of the molecule is CCCCN(CC(=O)NCCN(C)C)S(C)(=O)=O. The number of unbranched alkanes of at least 4 members (excludes halogenated alkanes) is 1. The molecule has 0 fully saturated rings. The van der Waals surface area contributed by atoms with Gasteiger partial charge in [0.05, 0.1) is 12.8 Å². The summed E-state index contributed by atoms with van der Waals surface area (Å²) in [5, 5.41) is 2.71. The molecule has 0 aliphatic carbocycles. The average molecular weight is 279 g/mol. The maximum Gasteiger partial charge on any atom is 0.235 e. The molecule has 1 N–H and O–H groups in total. The van der Waals surface area contributed by atoms with Gasteiger partial charge in [-0.3, -0.25) is 4.79 Å². The van der Waals surface area contributed by atoms with E-state index in [0.717, 1.165) is 25.6 Å². The van der Waals surface area contributed by atoms with Crippen LogP contribution in [0.5, 0.6) is 0 Å². The van der Waals surface area contributed by atoms with Crippen molar-refractivity contribution in [3.8, 4) is 0 Å². The fourth-order valence-corrected chi connectivity index (χ4v) is 2.14. The Hall–Kier alpha value is -0.660. The van der Waals surface area contributed by atoms with Crippen LogP contribution in [0.4, 0.5) is 0 Å². The summed E-state index contributed by atoms with van der Waals surface area (Å²) in [6.45, 7) is 3.55. The fourth-order valence-electron chi connectivity index (χ4n) is 1.33. The Labute approximate surface area is 110 Å². The summed E-state index contributed by atoms with van der Waals surface area (Å²) in [4.78, 5) is 13.6. The first-order valence-corrected chi connectivity index (χ1v) is 7.98. The number of nitrogens with zero attached hydrogens (tertiary/aromatic N) is 2. The first-order chi connectivity index (χ1) is 8.27. The second-order valence-corrected chi connectivity index (χ2v) is 6.59. The molecule has 0 bridgehead atoms. The molecule has 0 unspecified atom stereocenters. The predicted octanol–water partition coefficient (Wildman–Crippen LogP) is -0.274. The Morgan fingerprint density at radius 1 is 1.22 bits per heavy atom. The van der Waals surface area contributed by atoms with Crippen LogP contribution in [0.2, 0.25) is 0 Å². The van der Waals surface area contributed by atoms with Gasteiger partial charge >= 0.3 is 0 Å². The van der Waals surface area contributed by atoms with Crippen molar-refractivity contribution < 1.29 is 13.2 Å². The van der Waals surface area contributed by atoms with E-state index in [1.807, 2.05) is 25.9 Å². The summed E-state index contributed by atoms with van der Waals surface area (Å²) >= 11 is 0. The molecule has 6 nitrogen and oxygen atoms in total. The van der Waals surface area contributed by atoms with Gasteiger partial charge in [-0.15, -0.1) is 0 Å². The molecule has 0 radical (unpaired) electrons. The van der Waals surface area contributed by atoms with Gasteiger partial charge in [-0.1, -0.05) is 13.3 Å². The van der Waals surface area contributed by atoms with E-state index >= 15 is 0 Å². The molecular weight excluding hydrogens is 254 g/mol. The number of sulfonamides is 1. The van der Waals surface area contributed by atoms with E-state index in [1.54, 1.807) is 0 Å². The fraction of sp³-hybridized carbons (Fsp3) is 0.909. The lowest BCUT2D eigenvalue weighted by Crippen LogP contribution is -2.42. The van der Waals surface area contributed by atoms with E-state index in [1.165, 1.54) is 4.31 Å². The van der Waals surface area contributed by atoms with Crippen molar-refractivity contribution in [3.63, 3.8) is 0 Å². The molecule has 0 aromatic carbocycles. The third kappa shape index (κ3) is 8.43. The minimum atomic E-state index is -3.31. The molecule has 1 amide bonds. The Morgan fingerprint density at radius 2 is 1.83 bits per heavy atom. The molecule has 0 heterocycles. The molecule has 108 valence electrons. The van der Waals surface area contributed by atoms with Crippen molar-refractivity contribution in [3.05, 3.63) is 0 Å². The first-order valence-electron chi connectivity index (χ1n) is 6.14. The van der Waals surface area contributed by atoms with E-state index in [-0.39, 0.29) is 12.5 Å². The number of likely N-dealkylation sites (N-methyl/N-ethyl adjacent to an activating group) is 1. The van der Waals surface area contributed by atoms with Crippen LogP contribution < -0.4 is 5.32 Å². The Bertz CT molecular complexity index is 341. The van der Waals surface area contributed by atoms with E-state index in [9.17, 15) is 13.2 Å². The lowest BCUT2D eigenvalue weighted by molar-refractivity contribution is -0.121. The highest BCUT2D eigenvalue weighted by Crippen LogP contribution is 2.01. The number of rotatable bonds is 9. The highest BCUT2D eigenvalue weighted by Gasteiger charge is 2.19. The quantitative estimate of drug-likeness (QED) is 0.630. The number of hydrogen-bond donors (Lipinski definition) is 1. The van der Waals surface area contributed by atoms with E-state index in [4.69, 9.17) is 0 Å². The standard InChI is InChI=1S/C11H25N3O3S/c1-5-6-8-14(18(4,16)17)10-11(15)12-7-9-13(2)3/h5-10H2,1-4H3,(H,12,15). The molecule has 7 heteroatoms. The molecule has 0 aliphatic heterocycles. The number of nitrogens with one attached hydrogen (secondary N) is 1. The van der Waals surface area contributed by atoms with Crippen LogP contribution in [0.3, 0.4) is 0 Å². The number of hydrogen-bond acceptors (Lipinski definition) is 4. The van der Waals surface area contributed by atoms with Crippen molar-refractivity contribution in [2.24, 2.45) is 0 Å². The van der Waals surface area contributed by atoms with Gasteiger partial charge in [0.2, 0.25) is 15.9 Å². The molecule has 0 aromatic heterocycles.